The maximum absolute atomic E-state index is 12.2. The summed E-state index contributed by atoms with van der Waals surface area (Å²) in [5.41, 5.74) is 18.8. The maximum atomic E-state index is 12.2. The molecular weight excluding hydrogens is 478 g/mol. The number of nitrogens with zero attached hydrogens (tertiary/aromatic N) is 6. The molecule has 0 spiro atoms. The van der Waals surface area contributed by atoms with E-state index in [-0.39, 0.29) is 35.9 Å². The number of benzene rings is 1. The molecule has 1 saturated heterocycles. The van der Waals surface area contributed by atoms with E-state index >= 15 is 0 Å². The number of carbonyl (C=O) groups excluding carboxylic acids is 1. The Labute approximate surface area is 214 Å². The summed E-state index contributed by atoms with van der Waals surface area (Å²) in [7, 11) is 0. The number of carbonyl (C=O) groups is 1. The molecule has 13 heteroatoms. The molecule has 0 radical (unpaired) electrons. The van der Waals surface area contributed by atoms with Crippen molar-refractivity contribution in [1.82, 2.24) is 29.7 Å². The van der Waals surface area contributed by atoms with E-state index in [9.17, 15) is 9.90 Å². The van der Waals surface area contributed by atoms with E-state index in [1.807, 2.05) is 20.8 Å². The van der Waals surface area contributed by atoms with E-state index in [0.717, 1.165) is 0 Å². The third-order valence-corrected chi connectivity index (χ3v) is 5.67. The first-order valence-corrected chi connectivity index (χ1v) is 12.0. The van der Waals surface area contributed by atoms with Gasteiger partial charge in [-0.1, -0.05) is 0 Å². The van der Waals surface area contributed by atoms with Crippen LogP contribution in [0.25, 0.3) is 22.4 Å². The van der Waals surface area contributed by atoms with Gasteiger partial charge in [0.2, 0.25) is 5.95 Å². The number of hydrogen-bond donors (Lipinski definition) is 4. The van der Waals surface area contributed by atoms with E-state index in [1.165, 1.54) is 0 Å². The van der Waals surface area contributed by atoms with Crippen molar-refractivity contribution in [2.75, 3.05) is 56.5 Å². The lowest BCUT2D eigenvalue weighted by Gasteiger charge is -2.36. The summed E-state index contributed by atoms with van der Waals surface area (Å²) in [6.07, 6.45) is -0.998. The first-order chi connectivity index (χ1) is 17.5. The predicted octanol–water partition coefficient (Wildman–Crippen LogP) is 1.13. The molecule has 4 rings (SSSR count). The molecule has 0 bridgehead atoms. The zero-order valence-corrected chi connectivity index (χ0v) is 21.2. The number of aliphatic hydroxyl groups excluding tert-OH is 1. The highest BCUT2D eigenvalue weighted by Crippen LogP contribution is 2.28. The van der Waals surface area contributed by atoms with Gasteiger partial charge in [-0.3, -0.25) is 4.90 Å². The Hall–Kier alpha value is -3.97. The molecule has 1 aromatic carbocycles. The number of nitrogen functional groups attached to an aromatic ring is 3. The van der Waals surface area contributed by atoms with Crippen LogP contribution >= 0.6 is 0 Å². The quantitative estimate of drug-likeness (QED) is 0.369. The summed E-state index contributed by atoms with van der Waals surface area (Å²) >= 11 is 0. The van der Waals surface area contributed by atoms with Gasteiger partial charge in [-0.15, -0.1) is 0 Å². The van der Waals surface area contributed by atoms with Gasteiger partial charge in [0.25, 0.3) is 0 Å². The number of amides is 1. The molecular formula is C24H33N9O4. The Bertz CT molecular complexity index is 1260. The summed E-state index contributed by atoms with van der Waals surface area (Å²) in [6.45, 7) is 8.52. The third-order valence-electron chi connectivity index (χ3n) is 5.67. The number of hydrogen-bond acceptors (Lipinski definition) is 12. The zero-order valence-electron chi connectivity index (χ0n) is 21.2. The van der Waals surface area contributed by atoms with Crippen LogP contribution in [-0.4, -0.2) is 92.0 Å². The molecule has 1 amide bonds. The molecule has 1 aliphatic heterocycles. The fourth-order valence-corrected chi connectivity index (χ4v) is 3.90. The van der Waals surface area contributed by atoms with Crippen molar-refractivity contribution in [1.29, 1.82) is 0 Å². The van der Waals surface area contributed by atoms with E-state index in [2.05, 4.69) is 24.8 Å². The molecule has 7 N–H and O–H groups in total. The summed E-state index contributed by atoms with van der Waals surface area (Å²) in [6, 6.07) is 7.10. The molecule has 198 valence electrons. The number of rotatable bonds is 6. The normalized spacial score (nSPS) is 15.5. The maximum Gasteiger partial charge on any atom is 0.410 e. The van der Waals surface area contributed by atoms with Crippen LogP contribution in [0, 0.1) is 0 Å². The van der Waals surface area contributed by atoms with Gasteiger partial charge in [0.05, 0.1) is 0 Å². The molecule has 1 unspecified atom stereocenters. The van der Waals surface area contributed by atoms with Crippen LogP contribution in [0.2, 0.25) is 0 Å². The fourth-order valence-electron chi connectivity index (χ4n) is 3.90. The number of fused-ring (bicyclic) bond motifs is 1. The molecule has 3 heterocycles. The molecule has 1 aliphatic rings. The lowest BCUT2D eigenvalue weighted by atomic mass is 10.1. The van der Waals surface area contributed by atoms with Gasteiger partial charge in [0, 0.05) is 38.3 Å². The van der Waals surface area contributed by atoms with Gasteiger partial charge < -0.3 is 36.7 Å². The highest BCUT2D eigenvalue weighted by molar-refractivity contribution is 5.87. The van der Waals surface area contributed by atoms with Crippen LogP contribution < -0.4 is 21.9 Å². The van der Waals surface area contributed by atoms with Crippen molar-refractivity contribution in [3.8, 4) is 17.0 Å². The monoisotopic (exact) mass is 511 g/mol. The van der Waals surface area contributed by atoms with E-state index in [0.29, 0.717) is 55.2 Å². The van der Waals surface area contributed by atoms with E-state index in [1.54, 1.807) is 29.2 Å². The smallest absolute Gasteiger partial charge is 0.410 e. The Kier molecular flexibility index (Phi) is 7.45. The summed E-state index contributed by atoms with van der Waals surface area (Å²) in [4.78, 5) is 32.7. The Balaban J connectivity index is 1.29. The zero-order chi connectivity index (χ0) is 26.7. The fraction of sp³-hybridized carbons (Fsp3) is 0.458. The van der Waals surface area contributed by atoms with Crippen LogP contribution in [0.4, 0.5) is 22.4 Å². The molecule has 13 nitrogen and oxygen atoms in total. The number of aliphatic hydroxyl groups is 1. The highest BCUT2D eigenvalue weighted by Gasteiger charge is 2.26. The van der Waals surface area contributed by atoms with Crippen molar-refractivity contribution in [3.63, 3.8) is 0 Å². The second-order valence-corrected chi connectivity index (χ2v) is 9.85. The Morgan fingerprint density at radius 3 is 2.32 bits per heavy atom. The average molecular weight is 512 g/mol. The van der Waals surface area contributed by atoms with Crippen molar-refractivity contribution < 1.29 is 19.4 Å². The molecule has 37 heavy (non-hydrogen) atoms. The molecule has 2 aromatic heterocycles. The standard InChI is InChI=1S/C24H33N9O4/c1-24(2,3)37-23(35)33-10-8-32(9-11-33)12-15(34)13-36-16-6-4-14(5-7-16)17-19(25)29-21-18(28-17)20(26)30-22(27)31-21/h4-7,15,34H,8-13H2,1-3H3,(H6,25,26,27,29,30,31). The van der Waals surface area contributed by atoms with Gasteiger partial charge in [-0.25, -0.2) is 14.8 Å². The van der Waals surface area contributed by atoms with E-state index in [4.69, 9.17) is 26.7 Å². The summed E-state index contributed by atoms with van der Waals surface area (Å²) in [5, 5.41) is 10.5. The summed E-state index contributed by atoms with van der Waals surface area (Å²) < 4.78 is 11.2. The number of nitrogens with two attached hydrogens (primary N) is 3. The minimum atomic E-state index is -0.690. The van der Waals surface area contributed by atoms with Gasteiger partial charge in [-0.05, 0) is 45.0 Å². The minimum Gasteiger partial charge on any atom is -0.491 e. The SMILES string of the molecule is CC(C)(C)OC(=O)N1CCN(CC(O)COc2ccc(-c3nc4c(N)nc(N)nc4nc3N)cc2)CC1. The molecule has 1 fully saturated rings. The van der Waals surface area contributed by atoms with Crippen LogP contribution in [0.3, 0.4) is 0 Å². The second kappa shape index (κ2) is 10.6. The number of β-amino-alcohol motifs (C(OH)–C–C–N with tert-alkyl or cyclic N) is 1. The van der Waals surface area contributed by atoms with Gasteiger partial charge in [0.1, 0.15) is 29.8 Å². The molecule has 0 saturated carbocycles. The number of aromatic nitrogens is 4. The largest absolute Gasteiger partial charge is 0.491 e. The third kappa shape index (κ3) is 6.62. The summed E-state index contributed by atoms with van der Waals surface area (Å²) in [5.74, 6) is 0.885. The van der Waals surface area contributed by atoms with Crippen LogP contribution in [-0.2, 0) is 4.74 Å². The van der Waals surface area contributed by atoms with E-state index < -0.39 is 11.7 Å². The molecule has 3 aromatic rings. The van der Waals surface area contributed by atoms with Crippen molar-refractivity contribution >= 4 is 34.8 Å². The van der Waals surface area contributed by atoms with Crippen molar-refractivity contribution in [3.05, 3.63) is 24.3 Å². The lowest BCUT2D eigenvalue weighted by molar-refractivity contribution is 0.00713. The molecule has 0 aliphatic carbocycles. The van der Waals surface area contributed by atoms with Crippen molar-refractivity contribution in [2.45, 2.75) is 32.5 Å². The van der Waals surface area contributed by atoms with Crippen molar-refractivity contribution in [2.24, 2.45) is 0 Å². The highest BCUT2D eigenvalue weighted by atomic mass is 16.6. The first-order valence-electron chi connectivity index (χ1n) is 12.0. The minimum absolute atomic E-state index is 0.00167. The van der Waals surface area contributed by atoms with Crippen LogP contribution in [0.15, 0.2) is 24.3 Å². The van der Waals surface area contributed by atoms with Gasteiger partial charge >= 0.3 is 6.09 Å². The van der Waals surface area contributed by atoms with Gasteiger partial charge in [0.15, 0.2) is 22.8 Å². The Morgan fingerprint density at radius 1 is 1.00 bits per heavy atom. The number of piperazine rings is 1. The average Bonchev–Trinajstić information content (AvgIpc) is 2.82. The van der Waals surface area contributed by atoms with Gasteiger partial charge in [-0.2, -0.15) is 9.97 Å². The molecule has 1 atom stereocenters. The number of anilines is 3. The topological polar surface area (TPSA) is 192 Å². The first kappa shape index (κ1) is 26.1. The van der Waals surface area contributed by atoms with Crippen LogP contribution in [0.1, 0.15) is 20.8 Å². The predicted molar refractivity (Wildman–Crippen MR) is 140 cm³/mol. The Morgan fingerprint density at radius 2 is 1.68 bits per heavy atom. The second-order valence-electron chi connectivity index (χ2n) is 9.85. The lowest BCUT2D eigenvalue weighted by Crippen LogP contribution is -2.51. The number of ether oxygens (including phenoxy) is 2. The van der Waals surface area contributed by atoms with Crippen LogP contribution in [0.5, 0.6) is 5.75 Å².